The van der Waals surface area contributed by atoms with Gasteiger partial charge in [-0.1, -0.05) is 26.0 Å². The number of carbonyl (C=O) groups is 1. The van der Waals surface area contributed by atoms with E-state index in [2.05, 4.69) is 15.7 Å². The number of hydrogen-bond acceptors (Lipinski definition) is 4. The summed E-state index contributed by atoms with van der Waals surface area (Å²) in [7, 11) is 0. The summed E-state index contributed by atoms with van der Waals surface area (Å²) in [5, 5.41) is 7.89. The first-order valence-corrected chi connectivity index (χ1v) is 6.07. The molecule has 0 unspecified atom stereocenters. The highest BCUT2D eigenvalue weighted by atomic mass is 16.2. The number of fused-ring (bicyclic) bond motifs is 1. The van der Waals surface area contributed by atoms with Crippen LogP contribution in [0.15, 0.2) is 24.3 Å². The minimum absolute atomic E-state index is 0.0886. The summed E-state index contributed by atoms with van der Waals surface area (Å²) in [4.78, 5) is 15.3. The molecule has 0 aliphatic heterocycles. The number of likely N-dealkylation sites (N-methyl/N-ethyl adjacent to an activating group) is 1. The molecule has 6 nitrogen and oxygen atoms in total. The number of rotatable bonds is 5. The number of carbonyl (C=O) groups excluding carboxylic acids is 1. The molecule has 1 amide bonds. The lowest BCUT2D eigenvalue weighted by molar-refractivity contribution is -0.118. The summed E-state index contributed by atoms with van der Waals surface area (Å²) in [5.41, 5.74) is 4.29. The van der Waals surface area contributed by atoms with Gasteiger partial charge in [0, 0.05) is 0 Å². The molecule has 1 heterocycles. The smallest absolute Gasteiger partial charge is 0.254 e. The second-order valence-electron chi connectivity index (χ2n) is 3.99. The molecule has 1 aromatic carbocycles. The van der Waals surface area contributed by atoms with Gasteiger partial charge in [0.15, 0.2) is 0 Å². The summed E-state index contributed by atoms with van der Waals surface area (Å²) in [5.74, 6) is -0.0886. The molecule has 2 rings (SSSR count). The van der Waals surface area contributed by atoms with Gasteiger partial charge in [-0.05, 0) is 30.4 Å². The molecule has 96 valence electrons. The van der Waals surface area contributed by atoms with Crippen molar-refractivity contribution in [3.63, 3.8) is 0 Å². The third kappa shape index (κ3) is 2.65. The minimum atomic E-state index is -0.0886. The van der Waals surface area contributed by atoms with Gasteiger partial charge in [-0.3, -0.25) is 9.69 Å². The fourth-order valence-corrected chi connectivity index (χ4v) is 1.76. The van der Waals surface area contributed by atoms with Gasteiger partial charge in [0.05, 0.1) is 6.54 Å². The van der Waals surface area contributed by atoms with Crippen LogP contribution in [0.3, 0.4) is 0 Å². The van der Waals surface area contributed by atoms with Crippen molar-refractivity contribution in [2.45, 2.75) is 13.8 Å². The van der Waals surface area contributed by atoms with E-state index in [1.165, 1.54) is 4.79 Å². The zero-order valence-corrected chi connectivity index (χ0v) is 10.6. The average molecular weight is 247 g/mol. The molecule has 0 aliphatic carbocycles. The van der Waals surface area contributed by atoms with Crippen molar-refractivity contribution in [3.05, 3.63) is 24.3 Å². The second kappa shape index (κ2) is 5.59. The third-order valence-corrected chi connectivity index (χ3v) is 2.84. The van der Waals surface area contributed by atoms with Crippen LogP contribution in [0.4, 0.5) is 0 Å². The molecule has 1 aromatic heterocycles. The van der Waals surface area contributed by atoms with Crippen LogP contribution in [0, 0.1) is 0 Å². The van der Waals surface area contributed by atoms with Gasteiger partial charge in [0.2, 0.25) is 0 Å². The van der Waals surface area contributed by atoms with Crippen LogP contribution >= 0.6 is 0 Å². The first-order chi connectivity index (χ1) is 8.74. The number of hydrogen-bond donors (Lipinski definition) is 1. The Bertz CT molecular complexity index is 532. The quantitative estimate of drug-likeness (QED) is 0.850. The van der Waals surface area contributed by atoms with Gasteiger partial charge in [-0.25, -0.2) is 5.43 Å². The lowest BCUT2D eigenvalue weighted by Gasteiger charge is -2.17. The number of amides is 1. The monoisotopic (exact) mass is 247 g/mol. The van der Waals surface area contributed by atoms with E-state index in [4.69, 9.17) is 0 Å². The van der Waals surface area contributed by atoms with Crippen LogP contribution in [0.5, 0.6) is 0 Å². The predicted molar refractivity (Wildman–Crippen MR) is 69.7 cm³/mol. The SMILES string of the molecule is CCN(CC)CC(=O)Nn1nnc2ccccc21. The number of nitrogens with zero attached hydrogens (tertiary/aromatic N) is 4. The van der Waals surface area contributed by atoms with Crippen LogP contribution in [0.25, 0.3) is 11.0 Å². The van der Waals surface area contributed by atoms with Crippen LogP contribution in [0.2, 0.25) is 0 Å². The molecule has 0 atom stereocenters. The first kappa shape index (κ1) is 12.5. The zero-order valence-electron chi connectivity index (χ0n) is 10.6. The average Bonchev–Trinajstić information content (AvgIpc) is 2.79. The van der Waals surface area contributed by atoms with E-state index in [1.54, 1.807) is 0 Å². The highest BCUT2D eigenvalue weighted by molar-refractivity contribution is 5.87. The Morgan fingerprint density at radius 3 is 2.78 bits per heavy atom. The standard InChI is InChI=1S/C12H17N5O/c1-3-16(4-2)9-12(18)14-17-11-8-6-5-7-10(11)13-15-17/h5-8H,3-4,9H2,1-2H3,(H,14,18). The van der Waals surface area contributed by atoms with Crippen molar-refractivity contribution in [3.8, 4) is 0 Å². The summed E-state index contributed by atoms with van der Waals surface area (Å²) < 4.78 is 0. The van der Waals surface area contributed by atoms with Crippen molar-refractivity contribution in [2.75, 3.05) is 25.1 Å². The molecule has 0 saturated carbocycles. The molecule has 0 saturated heterocycles. The van der Waals surface area contributed by atoms with Crippen molar-refractivity contribution >= 4 is 16.9 Å². The number of aromatic nitrogens is 3. The third-order valence-electron chi connectivity index (χ3n) is 2.84. The van der Waals surface area contributed by atoms with Gasteiger partial charge >= 0.3 is 0 Å². The molecule has 18 heavy (non-hydrogen) atoms. The Balaban J connectivity index is 2.07. The molecule has 1 N–H and O–H groups in total. The number of benzene rings is 1. The maximum absolute atomic E-state index is 11.8. The lowest BCUT2D eigenvalue weighted by Crippen LogP contribution is -2.36. The summed E-state index contributed by atoms with van der Waals surface area (Å²) in [6.07, 6.45) is 0. The molecule has 6 heteroatoms. The molecule has 0 aliphatic rings. The Labute approximate surface area is 106 Å². The van der Waals surface area contributed by atoms with E-state index in [-0.39, 0.29) is 5.91 Å². The second-order valence-corrected chi connectivity index (χ2v) is 3.99. The Morgan fingerprint density at radius 1 is 1.33 bits per heavy atom. The fraction of sp³-hybridized carbons (Fsp3) is 0.417. The van der Waals surface area contributed by atoms with Crippen molar-refractivity contribution in [2.24, 2.45) is 0 Å². The van der Waals surface area contributed by atoms with Crippen LogP contribution in [0.1, 0.15) is 13.8 Å². The van der Waals surface area contributed by atoms with Gasteiger partial charge in [0.25, 0.3) is 5.91 Å². The van der Waals surface area contributed by atoms with Crippen LogP contribution in [-0.4, -0.2) is 45.5 Å². The highest BCUT2D eigenvalue weighted by Gasteiger charge is 2.10. The van der Waals surface area contributed by atoms with Gasteiger partial charge in [-0.15, -0.1) is 5.10 Å². The minimum Gasteiger partial charge on any atom is -0.295 e. The number of nitrogens with one attached hydrogen (secondary N) is 1. The van der Waals surface area contributed by atoms with Gasteiger partial charge in [0.1, 0.15) is 11.0 Å². The summed E-state index contributed by atoms with van der Waals surface area (Å²) in [6, 6.07) is 7.50. The maximum Gasteiger partial charge on any atom is 0.254 e. The first-order valence-electron chi connectivity index (χ1n) is 6.07. The zero-order chi connectivity index (χ0) is 13.0. The van der Waals surface area contributed by atoms with Crippen molar-refractivity contribution in [1.29, 1.82) is 0 Å². The fourth-order valence-electron chi connectivity index (χ4n) is 1.76. The Hall–Kier alpha value is -1.95. The van der Waals surface area contributed by atoms with Crippen molar-refractivity contribution in [1.82, 2.24) is 20.0 Å². The van der Waals surface area contributed by atoms with E-state index in [0.717, 1.165) is 24.1 Å². The molecule has 0 fully saturated rings. The topological polar surface area (TPSA) is 63.1 Å². The molecule has 2 aromatic rings. The summed E-state index contributed by atoms with van der Waals surface area (Å²) >= 11 is 0. The molecular formula is C12H17N5O. The lowest BCUT2D eigenvalue weighted by atomic mass is 10.3. The van der Waals surface area contributed by atoms with Crippen LogP contribution in [-0.2, 0) is 4.79 Å². The predicted octanol–water partition coefficient (Wildman–Crippen LogP) is 0.843. The van der Waals surface area contributed by atoms with E-state index < -0.39 is 0 Å². The summed E-state index contributed by atoms with van der Waals surface area (Å²) in [6.45, 7) is 6.12. The van der Waals surface area contributed by atoms with E-state index >= 15 is 0 Å². The van der Waals surface area contributed by atoms with E-state index in [1.807, 2.05) is 43.0 Å². The molecule has 0 spiro atoms. The molecule has 0 radical (unpaired) electrons. The Kier molecular flexibility index (Phi) is 3.88. The molecular weight excluding hydrogens is 230 g/mol. The highest BCUT2D eigenvalue weighted by Crippen LogP contribution is 2.07. The van der Waals surface area contributed by atoms with E-state index in [9.17, 15) is 4.79 Å². The number of para-hydroxylation sites is 1. The van der Waals surface area contributed by atoms with E-state index in [0.29, 0.717) is 6.54 Å². The normalized spacial score (nSPS) is 11.1. The van der Waals surface area contributed by atoms with Gasteiger partial charge in [-0.2, -0.15) is 4.79 Å². The Morgan fingerprint density at radius 2 is 2.06 bits per heavy atom. The maximum atomic E-state index is 11.8. The molecule has 0 bridgehead atoms. The van der Waals surface area contributed by atoms with Crippen LogP contribution < -0.4 is 5.43 Å². The van der Waals surface area contributed by atoms with Crippen molar-refractivity contribution < 1.29 is 4.79 Å². The largest absolute Gasteiger partial charge is 0.295 e. The van der Waals surface area contributed by atoms with Gasteiger partial charge < -0.3 is 0 Å².